The minimum absolute atomic E-state index is 0.0368. The fourth-order valence-corrected chi connectivity index (χ4v) is 5.12. The molecule has 0 radical (unpaired) electrons. The van der Waals surface area contributed by atoms with Gasteiger partial charge in [-0.25, -0.2) is 9.37 Å². The Bertz CT molecular complexity index is 1040. The predicted octanol–water partition coefficient (Wildman–Crippen LogP) is 5.36. The highest BCUT2D eigenvalue weighted by atomic mass is 32.1. The maximum atomic E-state index is 15.5. The smallest absolute Gasteiger partial charge is 0.274 e. The van der Waals surface area contributed by atoms with E-state index in [0.29, 0.717) is 10.6 Å². The van der Waals surface area contributed by atoms with Crippen molar-refractivity contribution in [1.82, 2.24) is 9.97 Å². The second kappa shape index (κ2) is 7.80. The number of hydrogen-bond donors (Lipinski definition) is 2. The molecule has 2 heterocycles. The van der Waals surface area contributed by atoms with Crippen LogP contribution in [0.2, 0.25) is 0 Å². The van der Waals surface area contributed by atoms with Crippen LogP contribution in [0.25, 0.3) is 10.2 Å². The minimum atomic E-state index is -1.49. The Hall–Kier alpha value is -2.38. The summed E-state index contributed by atoms with van der Waals surface area (Å²) in [6.45, 7) is 3.00. The van der Waals surface area contributed by atoms with Crippen molar-refractivity contribution < 1.29 is 14.3 Å². The van der Waals surface area contributed by atoms with E-state index in [4.69, 9.17) is 0 Å². The highest BCUT2D eigenvalue weighted by Gasteiger charge is 2.30. The van der Waals surface area contributed by atoms with E-state index in [1.165, 1.54) is 50.6 Å². The van der Waals surface area contributed by atoms with E-state index >= 15 is 4.39 Å². The van der Waals surface area contributed by atoms with E-state index in [1.54, 1.807) is 24.3 Å². The van der Waals surface area contributed by atoms with Crippen molar-refractivity contribution in [3.8, 4) is 0 Å². The van der Waals surface area contributed by atoms with Crippen LogP contribution in [-0.4, -0.2) is 21.0 Å². The van der Waals surface area contributed by atoms with E-state index in [2.05, 4.69) is 15.3 Å². The zero-order chi connectivity index (χ0) is 20.6. The van der Waals surface area contributed by atoms with Gasteiger partial charge in [0.25, 0.3) is 5.91 Å². The van der Waals surface area contributed by atoms with E-state index < -0.39 is 17.3 Å². The molecule has 1 aliphatic carbocycles. The van der Waals surface area contributed by atoms with E-state index in [1.807, 2.05) is 0 Å². The fourth-order valence-electron chi connectivity index (χ4n) is 3.95. The maximum absolute atomic E-state index is 15.5. The molecule has 1 aromatic carbocycles. The van der Waals surface area contributed by atoms with E-state index in [0.717, 1.165) is 17.8 Å². The molecular formula is C22H24FN3O2S. The van der Waals surface area contributed by atoms with Crippen LogP contribution in [0.1, 0.15) is 72.9 Å². The predicted molar refractivity (Wildman–Crippen MR) is 113 cm³/mol. The number of anilines is 1. The first-order valence-electron chi connectivity index (χ1n) is 9.93. The highest BCUT2D eigenvalue weighted by Crippen LogP contribution is 2.41. The van der Waals surface area contributed by atoms with Gasteiger partial charge in [-0.1, -0.05) is 25.3 Å². The van der Waals surface area contributed by atoms with Gasteiger partial charge >= 0.3 is 0 Å². The summed E-state index contributed by atoms with van der Waals surface area (Å²) in [6, 6.07) is 6.73. The molecule has 152 valence electrons. The Kier molecular flexibility index (Phi) is 5.36. The summed E-state index contributed by atoms with van der Waals surface area (Å²) in [5.74, 6) is -0.672. The van der Waals surface area contributed by atoms with Crippen LogP contribution in [0.15, 0.2) is 30.5 Å². The van der Waals surface area contributed by atoms with Crippen molar-refractivity contribution in [3.05, 3.63) is 52.5 Å². The Morgan fingerprint density at radius 2 is 2.03 bits per heavy atom. The Morgan fingerprint density at radius 3 is 2.69 bits per heavy atom. The lowest BCUT2D eigenvalue weighted by atomic mass is 9.90. The zero-order valence-corrected chi connectivity index (χ0v) is 17.4. The lowest BCUT2D eigenvalue weighted by Crippen LogP contribution is -2.23. The van der Waals surface area contributed by atoms with Crippen LogP contribution in [0.4, 0.5) is 10.1 Å². The zero-order valence-electron chi connectivity index (χ0n) is 16.5. The maximum Gasteiger partial charge on any atom is 0.274 e. The number of fused-ring (bicyclic) bond motifs is 1. The second-order valence-electron chi connectivity index (χ2n) is 8.08. The number of aromatic nitrogens is 2. The summed E-state index contributed by atoms with van der Waals surface area (Å²) < 4.78 is 16.1. The third-order valence-electron chi connectivity index (χ3n) is 5.35. The number of hydrogen-bond acceptors (Lipinski definition) is 5. The molecule has 4 rings (SSSR count). The molecular weight excluding hydrogens is 389 g/mol. The molecule has 1 amide bonds. The number of thiazole rings is 1. The summed E-state index contributed by atoms with van der Waals surface area (Å²) in [5, 5.41) is 14.3. The summed E-state index contributed by atoms with van der Waals surface area (Å²) in [7, 11) is 0. The molecule has 29 heavy (non-hydrogen) atoms. The minimum Gasteiger partial charge on any atom is -0.386 e. The van der Waals surface area contributed by atoms with Crippen LogP contribution in [0, 0.1) is 5.82 Å². The summed E-state index contributed by atoms with van der Waals surface area (Å²) >= 11 is 1.47. The van der Waals surface area contributed by atoms with Crippen molar-refractivity contribution in [2.45, 2.75) is 57.5 Å². The molecule has 0 bridgehead atoms. The van der Waals surface area contributed by atoms with Gasteiger partial charge in [0.05, 0.1) is 21.0 Å². The van der Waals surface area contributed by atoms with Gasteiger partial charge in [0.1, 0.15) is 11.2 Å². The molecule has 2 N–H and O–H groups in total. The number of nitrogens with zero attached hydrogens (tertiary/aromatic N) is 2. The van der Waals surface area contributed by atoms with Crippen molar-refractivity contribution in [3.63, 3.8) is 0 Å². The van der Waals surface area contributed by atoms with Crippen LogP contribution >= 0.6 is 11.3 Å². The van der Waals surface area contributed by atoms with Crippen molar-refractivity contribution in [2.24, 2.45) is 0 Å². The average Bonchev–Trinajstić information content (AvgIpc) is 3.13. The van der Waals surface area contributed by atoms with Crippen LogP contribution in [-0.2, 0) is 5.60 Å². The third kappa shape index (κ3) is 4.02. The largest absolute Gasteiger partial charge is 0.386 e. The number of aliphatic hydroxyl groups is 1. The highest BCUT2D eigenvalue weighted by molar-refractivity contribution is 7.18. The lowest BCUT2D eigenvalue weighted by Gasteiger charge is -2.22. The molecule has 5 nitrogen and oxygen atoms in total. The van der Waals surface area contributed by atoms with Gasteiger partial charge in [-0.15, -0.1) is 11.3 Å². The number of amides is 1. The SMILES string of the molecule is CC(C)(O)c1c(NC(=O)c2ccccn2)cc2sc(C3CCCCC3)nc2c1F. The number of halogens is 1. The number of nitrogens with one attached hydrogen (secondary N) is 1. The van der Waals surface area contributed by atoms with Crippen molar-refractivity contribution >= 4 is 33.1 Å². The van der Waals surface area contributed by atoms with Crippen LogP contribution in [0.5, 0.6) is 0 Å². The van der Waals surface area contributed by atoms with E-state index in [9.17, 15) is 9.90 Å². The van der Waals surface area contributed by atoms with Crippen LogP contribution in [0.3, 0.4) is 0 Å². The van der Waals surface area contributed by atoms with Gasteiger partial charge in [0.2, 0.25) is 0 Å². The Morgan fingerprint density at radius 1 is 1.28 bits per heavy atom. The molecule has 0 spiro atoms. The van der Waals surface area contributed by atoms with Gasteiger partial charge in [0.15, 0.2) is 5.82 Å². The molecule has 7 heteroatoms. The van der Waals surface area contributed by atoms with Gasteiger partial charge in [-0.05, 0) is 44.9 Å². The summed E-state index contributed by atoms with van der Waals surface area (Å²) in [6.07, 6.45) is 7.25. The molecule has 2 aromatic heterocycles. The Labute approximate surface area is 173 Å². The second-order valence-corrected chi connectivity index (χ2v) is 9.14. The standard InChI is InChI=1S/C22H24FN3O2S/c1-22(2,28)17-15(25-20(27)14-10-6-7-11-24-14)12-16-19(18(17)23)26-21(29-16)13-8-4-3-5-9-13/h6-7,10-13,28H,3-5,8-9H2,1-2H3,(H,25,27). The number of carbonyl (C=O) groups excluding carboxylic acids is 1. The van der Waals surface area contributed by atoms with E-state index in [-0.39, 0.29) is 22.5 Å². The quantitative estimate of drug-likeness (QED) is 0.604. The van der Waals surface area contributed by atoms with Gasteiger partial charge in [0, 0.05) is 17.7 Å². The number of carbonyl (C=O) groups is 1. The fraction of sp³-hybridized carbons (Fsp3) is 0.409. The van der Waals surface area contributed by atoms with Gasteiger partial charge in [-0.2, -0.15) is 0 Å². The van der Waals surface area contributed by atoms with Crippen molar-refractivity contribution in [1.29, 1.82) is 0 Å². The molecule has 0 aliphatic heterocycles. The lowest BCUT2D eigenvalue weighted by molar-refractivity contribution is 0.0755. The monoisotopic (exact) mass is 413 g/mol. The summed E-state index contributed by atoms with van der Waals surface area (Å²) in [5.41, 5.74) is -0.711. The van der Waals surface area contributed by atoms with Gasteiger partial charge < -0.3 is 10.4 Å². The third-order valence-corrected chi connectivity index (χ3v) is 6.52. The molecule has 3 aromatic rings. The normalized spacial score (nSPS) is 15.6. The molecule has 0 saturated heterocycles. The van der Waals surface area contributed by atoms with Crippen molar-refractivity contribution in [2.75, 3.05) is 5.32 Å². The number of benzene rings is 1. The number of pyridine rings is 1. The summed E-state index contributed by atoms with van der Waals surface area (Å²) in [4.78, 5) is 21.2. The first-order valence-corrected chi connectivity index (χ1v) is 10.7. The topological polar surface area (TPSA) is 75.1 Å². The molecule has 1 fully saturated rings. The average molecular weight is 414 g/mol. The molecule has 0 atom stereocenters. The Balaban J connectivity index is 1.78. The number of rotatable bonds is 4. The van der Waals surface area contributed by atoms with Gasteiger partial charge in [-0.3, -0.25) is 9.78 Å². The first kappa shape index (κ1) is 19.9. The molecule has 1 aliphatic rings. The van der Waals surface area contributed by atoms with Crippen LogP contribution < -0.4 is 5.32 Å². The molecule has 1 saturated carbocycles. The first-order chi connectivity index (χ1) is 13.8. The molecule has 0 unspecified atom stereocenters.